The molecule has 0 fully saturated rings. The number of nitrogens with two attached hydrogens (primary N) is 1. The van der Waals surface area contributed by atoms with Gasteiger partial charge in [-0.05, 0) is 23.6 Å². The highest BCUT2D eigenvalue weighted by Crippen LogP contribution is 2.10. The second-order valence-electron chi connectivity index (χ2n) is 3.38. The molecule has 88 valence electrons. The maximum Gasteiger partial charge on any atom is 0.210 e. The van der Waals surface area contributed by atoms with Crippen molar-refractivity contribution < 1.29 is 0 Å². The Morgan fingerprint density at radius 1 is 1.18 bits per heavy atom. The summed E-state index contributed by atoms with van der Waals surface area (Å²) in [5.74, 6) is 5.98. The van der Waals surface area contributed by atoms with Crippen LogP contribution in [0.2, 0.25) is 0 Å². The first-order valence-electron chi connectivity index (χ1n) is 5.24. The Hall–Kier alpha value is -1.85. The monoisotopic (exact) mass is 246 g/mol. The lowest BCUT2D eigenvalue weighted by atomic mass is 10.3. The number of thiophene rings is 1. The Bertz CT molecular complexity index is 465. The van der Waals surface area contributed by atoms with Crippen molar-refractivity contribution in [3.05, 3.63) is 52.7 Å². The van der Waals surface area contributed by atoms with E-state index >= 15 is 0 Å². The Morgan fingerprint density at radius 3 is 2.65 bits per heavy atom. The largest absolute Gasteiger partial charge is 0.325 e. The quantitative estimate of drug-likeness (QED) is 0.337. The molecule has 1 aromatic heterocycles. The summed E-state index contributed by atoms with van der Waals surface area (Å²) in [6, 6.07) is 13.8. The second-order valence-corrected chi connectivity index (χ2v) is 4.41. The molecule has 0 aliphatic rings. The van der Waals surface area contributed by atoms with Crippen molar-refractivity contribution in [2.24, 2.45) is 10.8 Å². The Labute approximate surface area is 104 Å². The van der Waals surface area contributed by atoms with E-state index in [0.29, 0.717) is 12.5 Å². The van der Waals surface area contributed by atoms with Crippen molar-refractivity contribution in [2.45, 2.75) is 6.54 Å². The molecule has 0 saturated carbocycles. The number of rotatable bonds is 3. The average Bonchev–Trinajstić information content (AvgIpc) is 2.89. The highest BCUT2D eigenvalue weighted by Gasteiger charge is 1.97. The van der Waals surface area contributed by atoms with Crippen LogP contribution in [0.15, 0.2) is 52.8 Å². The van der Waals surface area contributed by atoms with Gasteiger partial charge in [0, 0.05) is 10.6 Å². The van der Waals surface area contributed by atoms with Crippen molar-refractivity contribution in [2.75, 3.05) is 5.32 Å². The lowest BCUT2D eigenvalue weighted by Crippen LogP contribution is -2.36. The van der Waals surface area contributed by atoms with E-state index < -0.39 is 0 Å². The number of aliphatic imine (C=N–C) groups is 1. The number of nitrogens with zero attached hydrogens (tertiary/aromatic N) is 1. The Kier molecular flexibility index (Phi) is 4.12. The predicted molar refractivity (Wildman–Crippen MR) is 72.8 cm³/mol. The fourth-order valence-corrected chi connectivity index (χ4v) is 1.97. The summed E-state index contributed by atoms with van der Waals surface area (Å²) in [7, 11) is 0. The summed E-state index contributed by atoms with van der Waals surface area (Å²) in [4.78, 5) is 5.56. The smallest absolute Gasteiger partial charge is 0.210 e. The van der Waals surface area contributed by atoms with Gasteiger partial charge in [0.15, 0.2) is 0 Å². The van der Waals surface area contributed by atoms with E-state index in [4.69, 9.17) is 5.84 Å². The van der Waals surface area contributed by atoms with Gasteiger partial charge < -0.3 is 5.32 Å². The molecule has 17 heavy (non-hydrogen) atoms. The van der Waals surface area contributed by atoms with Crippen molar-refractivity contribution in [3.63, 3.8) is 0 Å². The summed E-state index contributed by atoms with van der Waals surface area (Å²) in [5, 5.41) is 5.14. The van der Waals surface area contributed by atoms with Crippen LogP contribution in [0.1, 0.15) is 4.88 Å². The standard InChI is InChI=1S/C12H14N4S/c13-16-12(14-9-11-7-4-8-17-11)15-10-5-2-1-3-6-10/h1-8H,9,13H2,(H2,14,15,16). The summed E-state index contributed by atoms with van der Waals surface area (Å²) >= 11 is 1.68. The van der Waals surface area contributed by atoms with Gasteiger partial charge in [-0.15, -0.1) is 11.3 Å². The zero-order chi connectivity index (χ0) is 11.9. The van der Waals surface area contributed by atoms with Crippen LogP contribution in [0, 0.1) is 0 Å². The lowest BCUT2D eigenvalue weighted by Gasteiger charge is -2.08. The van der Waals surface area contributed by atoms with Crippen LogP contribution in [-0.2, 0) is 6.54 Å². The average molecular weight is 246 g/mol. The third kappa shape index (κ3) is 3.58. The highest BCUT2D eigenvalue weighted by molar-refractivity contribution is 7.09. The number of guanidine groups is 1. The lowest BCUT2D eigenvalue weighted by molar-refractivity contribution is 0.976. The van der Waals surface area contributed by atoms with Crippen LogP contribution < -0.4 is 16.6 Å². The number of para-hydroxylation sites is 1. The van der Waals surface area contributed by atoms with Gasteiger partial charge in [-0.25, -0.2) is 10.8 Å². The molecule has 2 aromatic rings. The second kappa shape index (κ2) is 6.03. The number of hydrogen-bond donors (Lipinski definition) is 3. The van der Waals surface area contributed by atoms with Gasteiger partial charge in [0.2, 0.25) is 5.96 Å². The zero-order valence-corrected chi connectivity index (χ0v) is 10.1. The molecule has 0 radical (unpaired) electrons. The van der Waals surface area contributed by atoms with Crippen LogP contribution in [0.3, 0.4) is 0 Å². The summed E-state index contributed by atoms with van der Waals surface area (Å²) in [6.45, 7) is 0.622. The van der Waals surface area contributed by atoms with E-state index in [2.05, 4.69) is 15.7 Å². The number of anilines is 1. The molecule has 4 nitrogen and oxygen atoms in total. The molecule has 0 aliphatic carbocycles. The summed E-state index contributed by atoms with van der Waals surface area (Å²) < 4.78 is 0. The number of hydrogen-bond acceptors (Lipinski definition) is 3. The third-order valence-electron chi connectivity index (χ3n) is 2.15. The molecular formula is C12H14N4S. The van der Waals surface area contributed by atoms with E-state index in [1.807, 2.05) is 47.8 Å². The van der Waals surface area contributed by atoms with E-state index in [1.165, 1.54) is 4.88 Å². The van der Waals surface area contributed by atoms with Gasteiger partial charge in [0.25, 0.3) is 0 Å². The van der Waals surface area contributed by atoms with Gasteiger partial charge in [-0.3, -0.25) is 5.43 Å². The predicted octanol–water partition coefficient (Wildman–Crippen LogP) is 2.18. The number of nitrogens with one attached hydrogen (secondary N) is 2. The first kappa shape index (κ1) is 11.6. The van der Waals surface area contributed by atoms with Crippen molar-refractivity contribution in [3.8, 4) is 0 Å². The topological polar surface area (TPSA) is 62.4 Å². The van der Waals surface area contributed by atoms with Crippen LogP contribution in [0.4, 0.5) is 5.69 Å². The van der Waals surface area contributed by atoms with Gasteiger partial charge in [-0.2, -0.15) is 0 Å². The third-order valence-corrected chi connectivity index (χ3v) is 3.01. The van der Waals surface area contributed by atoms with Crippen molar-refractivity contribution in [1.82, 2.24) is 5.43 Å². The minimum atomic E-state index is 0.560. The number of benzene rings is 1. The first-order chi connectivity index (χ1) is 8.38. The molecule has 4 N–H and O–H groups in total. The van der Waals surface area contributed by atoms with E-state index in [-0.39, 0.29) is 0 Å². The molecule has 0 spiro atoms. The molecule has 1 aromatic carbocycles. The molecule has 0 atom stereocenters. The molecule has 0 unspecified atom stereocenters. The normalized spacial score (nSPS) is 11.2. The van der Waals surface area contributed by atoms with E-state index in [9.17, 15) is 0 Å². The maximum atomic E-state index is 5.42. The zero-order valence-electron chi connectivity index (χ0n) is 9.26. The van der Waals surface area contributed by atoms with Crippen LogP contribution in [0.5, 0.6) is 0 Å². The van der Waals surface area contributed by atoms with Crippen LogP contribution in [0.25, 0.3) is 0 Å². The minimum Gasteiger partial charge on any atom is -0.325 e. The summed E-state index contributed by atoms with van der Waals surface area (Å²) in [6.07, 6.45) is 0. The van der Waals surface area contributed by atoms with E-state index in [0.717, 1.165) is 5.69 Å². The summed E-state index contributed by atoms with van der Waals surface area (Å²) in [5.41, 5.74) is 3.51. The highest BCUT2D eigenvalue weighted by atomic mass is 32.1. The molecular weight excluding hydrogens is 232 g/mol. The van der Waals surface area contributed by atoms with Crippen LogP contribution in [-0.4, -0.2) is 5.96 Å². The Balaban J connectivity index is 1.99. The van der Waals surface area contributed by atoms with Gasteiger partial charge in [-0.1, -0.05) is 24.3 Å². The minimum absolute atomic E-state index is 0.560. The molecule has 1 heterocycles. The van der Waals surface area contributed by atoms with E-state index in [1.54, 1.807) is 11.3 Å². The number of hydrazine groups is 1. The van der Waals surface area contributed by atoms with Gasteiger partial charge in [0.1, 0.15) is 0 Å². The molecule has 0 amide bonds. The molecule has 5 heteroatoms. The molecule has 0 aliphatic heterocycles. The maximum absolute atomic E-state index is 5.42. The first-order valence-corrected chi connectivity index (χ1v) is 6.12. The van der Waals surface area contributed by atoms with Crippen LogP contribution >= 0.6 is 11.3 Å². The molecule has 0 saturated heterocycles. The Morgan fingerprint density at radius 2 is 2.00 bits per heavy atom. The molecule has 2 rings (SSSR count). The van der Waals surface area contributed by atoms with Crippen molar-refractivity contribution >= 4 is 23.0 Å². The molecule has 0 bridgehead atoms. The van der Waals surface area contributed by atoms with Gasteiger partial charge in [0.05, 0.1) is 6.54 Å². The SMILES string of the molecule is NNC(=NCc1cccs1)Nc1ccccc1. The fraction of sp³-hybridized carbons (Fsp3) is 0.0833. The van der Waals surface area contributed by atoms with Gasteiger partial charge >= 0.3 is 0 Å². The fourth-order valence-electron chi connectivity index (χ4n) is 1.34. The van der Waals surface area contributed by atoms with Crippen molar-refractivity contribution in [1.29, 1.82) is 0 Å².